The van der Waals surface area contributed by atoms with Crippen molar-refractivity contribution in [2.75, 3.05) is 19.3 Å². The number of likely N-dealkylation sites (tertiary alicyclic amines) is 1. The van der Waals surface area contributed by atoms with Crippen molar-refractivity contribution in [3.63, 3.8) is 0 Å². The van der Waals surface area contributed by atoms with Gasteiger partial charge in [-0.1, -0.05) is 0 Å². The van der Waals surface area contributed by atoms with E-state index in [1.54, 1.807) is 36.3 Å². The first-order valence-corrected chi connectivity index (χ1v) is 8.43. The molecule has 1 fully saturated rings. The molecule has 6 heteroatoms. The van der Waals surface area contributed by atoms with Crippen LogP contribution in [0.25, 0.3) is 0 Å². The maximum Gasteiger partial charge on any atom is 0.251 e. The second kappa shape index (κ2) is 7.45. The Labute approximate surface area is 129 Å². The standard InChI is InChI=1S/C15H21N3O2S/c1-11(21-2)15(20)18-9-5-13(6-10-18)17-14(19)12-3-7-16-8-4-12/h3-4,7-8,11,13H,5-6,9-10H2,1-2H3,(H,17,19)/t11-/m0/s1. The molecule has 5 nitrogen and oxygen atoms in total. The van der Waals surface area contributed by atoms with Crippen molar-refractivity contribution in [3.8, 4) is 0 Å². The van der Waals surface area contributed by atoms with Gasteiger partial charge in [0.25, 0.3) is 5.91 Å². The van der Waals surface area contributed by atoms with E-state index in [2.05, 4.69) is 10.3 Å². The Bertz CT molecular complexity index is 487. The largest absolute Gasteiger partial charge is 0.349 e. The fourth-order valence-corrected chi connectivity index (χ4v) is 2.72. The van der Waals surface area contributed by atoms with Gasteiger partial charge in [0.2, 0.25) is 5.91 Å². The van der Waals surface area contributed by atoms with Crippen LogP contribution in [0.1, 0.15) is 30.1 Å². The van der Waals surface area contributed by atoms with Crippen LogP contribution in [0.5, 0.6) is 0 Å². The SMILES string of the molecule is CS[C@@H](C)C(=O)N1CCC(NC(=O)c2ccncc2)CC1. The monoisotopic (exact) mass is 307 g/mol. The van der Waals surface area contributed by atoms with Crippen molar-refractivity contribution in [2.45, 2.75) is 31.1 Å². The van der Waals surface area contributed by atoms with Crippen molar-refractivity contribution in [2.24, 2.45) is 0 Å². The van der Waals surface area contributed by atoms with Crippen molar-refractivity contribution < 1.29 is 9.59 Å². The Morgan fingerprint density at radius 2 is 1.95 bits per heavy atom. The lowest BCUT2D eigenvalue weighted by atomic mass is 10.0. The number of hydrogen-bond acceptors (Lipinski definition) is 4. The first kappa shape index (κ1) is 15.8. The molecule has 2 amide bonds. The number of hydrogen-bond donors (Lipinski definition) is 1. The fourth-order valence-electron chi connectivity index (χ4n) is 2.37. The maximum atomic E-state index is 12.1. The van der Waals surface area contributed by atoms with Gasteiger partial charge in [-0.2, -0.15) is 11.8 Å². The van der Waals surface area contributed by atoms with Crippen molar-refractivity contribution in [1.82, 2.24) is 15.2 Å². The Balaban J connectivity index is 1.82. The summed E-state index contributed by atoms with van der Waals surface area (Å²) in [5.74, 6) is 0.126. The summed E-state index contributed by atoms with van der Waals surface area (Å²) in [6.45, 7) is 3.36. The summed E-state index contributed by atoms with van der Waals surface area (Å²) in [6.07, 6.45) is 6.79. The number of rotatable bonds is 4. The summed E-state index contributed by atoms with van der Waals surface area (Å²) in [5.41, 5.74) is 0.625. The molecule has 114 valence electrons. The van der Waals surface area contributed by atoms with Crippen LogP contribution in [0.15, 0.2) is 24.5 Å². The van der Waals surface area contributed by atoms with E-state index in [1.807, 2.05) is 18.1 Å². The molecule has 0 unspecified atom stereocenters. The summed E-state index contributed by atoms with van der Waals surface area (Å²) in [7, 11) is 0. The number of pyridine rings is 1. The Morgan fingerprint density at radius 3 is 2.52 bits per heavy atom. The lowest BCUT2D eigenvalue weighted by molar-refractivity contribution is -0.131. The molecule has 1 saturated heterocycles. The van der Waals surface area contributed by atoms with Crippen LogP contribution in [-0.4, -0.2) is 52.3 Å². The Morgan fingerprint density at radius 1 is 1.33 bits per heavy atom. The summed E-state index contributed by atoms with van der Waals surface area (Å²) in [6, 6.07) is 3.54. The molecule has 0 radical (unpaired) electrons. The maximum absolute atomic E-state index is 12.1. The highest BCUT2D eigenvalue weighted by molar-refractivity contribution is 7.99. The molecule has 1 N–H and O–H groups in total. The number of aromatic nitrogens is 1. The highest BCUT2D eigenvalue weighted by Crippen LogP contribution is 2.16. The molecule has 1 aliphatic rings. The predicted octanol–water partition coefficient (Wildman–Crippen LogP) is 1.55. The van der Waals surface area contributed by atoms with E-state index in [0.29, 0.717) is 18.7 Å². The summed E-state index contributed by atoms with van der Waals surface area (Å²) < 4.78 is 0. The molecule has 0 spiro atoms. The van der Waals surface area contributed by atoms with E-state index in [-0.39, 0.29) is 23.1 Å². The fraction of sp³-hybridized carbons (Fsp3) is 0.533. The smallest absolute Gasteiger partial charge is 0.251 e. The van der Waals surface area contributed by atoms with Gasteiger partial charge in [-0.3, -0.25) is 14.6 Å². The molecular formula is C15H21N3O2S. The van der Waals surface area contributed by atoms with E-state index < -0.39 is 0 Å². The number of nitrogens with one attached hydrogen (secondary N) is 1. The van der Waals surface area contributed by atoms with E-state index in [4.69, 9.17) is 0 Å². The molecule has 2 rings (SSSR count). The minimum Gasteiger partial charge on any atom is -0.349 e. The molecule has 1 aliphatic heterocycles. The van der Waals surface area contributed by atoms with Gasteiger partial charge < -0.3 is 10.2 Å². The zero-order valence-corrected chi connectivity index (χ0v) is 13.2. The minimum absolute atomic E-state index is 0.00737. The van der Waals surface area contributed by atoms with Crippen LogP contribution in [-0.2, 0) is 4.79 Å². The number of piperidine rings is 1. The van der Waals surface area contributed by atoms with Gasteiger partial charge in [0, 0.05) is 37.1 Å². The second-order valence-electron chi connectivity index (χ2n) is 5.19. The summed E-state index contributed by atoms with van der Waals surface area (Å²) >= 11 is 1.57. The van der Waals surface area contributed by atoms with Crippen LogP contribution < -0.4 is 5.32 Å². The average molecular weight is 307 g/mol. The molecule has 0 aliphatic carbocycles. The van der Waals surface area contributed by atoms with Crippen LogP contribution in [0, 0.1) is 0 Å². The highest BCUT2D eigenvalue weighted by atomic mass is 32.2. The number of thioether (sulfide) groups is 1. The quantitative estimate of drug-likeness (QED) is 0.917. The minimum atomic E-state index is -0.0698. The van der Waals surface area contributed by atoms with Gasteiger partial charge in [-0.25, -0.2) is 0 Å². The predicted molar refractivity (Wildman–Crippen MR) is 84.3 cm³/mol. The third-order valence-corrected chi connectivity index (χ3v) is 4.69. The zero-order valence-electron chi connectivity index (χ0n) is 12.4. The van der Waals surface area contributed by atoms with Crippen molar-refractivity contribution in [1.29, 1.82) is 0 Å². The second-order valence-corrected chi connectivity index (χ2v) is 6.37. The zero-order chi connectivity index (χ0) is 15.2. The van der Waals surface area contributed by atoms with E-state index in [0.717, 1.165) is 12.8 Å². The number of nitrogens with zero attached hydrogens (tertiary/aromatic N) is 2. The first-order chi connectivity index (χ1) is 10.1. The van der Waals surface area contributed by atoms with E-state index in [1.165, 1.54) is 0 Å². The van der Waals surface area contributed by atoms with Gasteiger partial charge >= 0.3 is 0 Å². The molecule has 21 heavy (non-hydrogen) atoms. The number of amides is 2. The summed E-state index contributed by atoms with van der Waals surface area (Å²) in [4.78, 5) is 30.0. The van der Waals surface area contributed by atoms with Gasteiger partial charge in [0.15, 0.2) is 0 Å². The Kier molecular flexibility index (Phi) is 5.61. The molecule has 0 saturated carbocycles. The van der Waals surface area contributed by atoms with Gasteiger partial charge in [-0.15, -0.1) is 0 Å². The topological polar surface area (TPSA) is 62.3 Å². The van der Waals surface area contributed by atoms with Gasteiger partial charge in [-0.05, 0) is 38.2 Å². The van der Waals surface area contributed by atoms with Crippen molar-refractivity contribution >= 4 is 23.6 Å². The molecule has 0 aromatic carbocycles. The van der Waals surface area contributed by atoms with Crippen molar-refractivity contribution in [3.05, 3.63) is 30.1 Å². The number of carbonyl (C=O) groups is 2. The number of carbonyl (C=O) groups excluding carboxylic acids is 2. The molecule has 1 aromatic heterocycles. The van der Waals surface area contributed by atoms with E-state index in [9.17, 15) is 9.59 Å². The lowest BCUT2D eigenvalue weighted by Gasteiger charge is -2.33. The van der Waals surface area contributed by atoms with Crippen LogP contribution in [0.4, 0.5) is 0 Å². The first-order valence-electron chi connectivity index (χ1n) is 7.14. The molecule has 1 atom stereocenters. The van der Waals surface area contributed by atoms with Gasteiger partial charge in [0.05, 0.1) is 5.25 Å². The van der Waals surface area contributed by atoms with Gasteiger partial charge in [0.1, 0.15) is 0 Å². The molecule has 2 heterocycles. The Hall–Kier alpha value is -1.56. The molecule has 0 bridgehead atoms. The van der Waals surface area contributed by atoms with Crippen LogP contribution in [0.3, 0.4) is 0 Å². The average Bonchev–Trinajstić information content (AvgIpc) is 2.55. The van der Waals surface area contributed by atoms with Crippen LogP contribution in [0.2, 0.25) is 0 Å². The highest BCUT2D eigenvalue weighted by Gasteiger charge is 2.26. The third kappa shape index (κ3) is 4.20. The molecule has 1 aromatic rings. The molecular weight excluding hydrogens is 286 g/mol. The van der Waals surface area contributed by atoms with Crippen LogP contribution >= 0.6 is 11.8 Å². The lowest BCUT2D eigenvalue weighted by Crippen LogP contribution is -2.48. The third-order valence-electron chi connectivity index (χ3n) is 3.79. The normalized spacial score (nSPS) is 17.3. The van der Waals surface area contributed by atoms with E-state index >= 15 is 0 Å². The summed E-state index contributed by atoms with van der Waals surface area (Å²) in [5, 5.41) is 3.04.